The van der Waals surface area contributed by atoms with Gasteiger partial charge in [-0.1, -0.05) is 67.6 Å². The molecule has 1 aliphatic rings. The van der Waals surface area contributed by atoms with E-state index in [9.17, 15) is 0 Å². The van der Waals surface area contributed by atoms with Crippen molar-refractivity contribution in [2.75, 3.05) is 26.3 Å². The van der Waals surface area contributed by atoms with Crippen molar-refractivity contribution in [3.05, 3.63) is 60.7 Å². The van der Waals surface area contributed by atoms with E-state index in [1.54, 1.807) is 0 Å². The minimum Gasteiger partial charge on any atom is -0.379 e. The molecular weight excluding hydrogens is 313 g/mol. The SMILES string of the molecule is C[C@@H](C[C@H](C)P(c1ccccc1)c1ccccc1)N1CCOCC1. The van der Waals surface area contributed by atoms with Crippen molar-refractivity contribution in [2.45, 2.75) is 32.0 Å². The van der Waals surface area contributed by atoms with Gasteiger partial charge >= 0.3 is 0 Å². The molecule has 1 heterocycles. The van der Waals surface area contributed by atoms with Crippen LogP contribution in [0.3, 0.4) is 0 Å². The van der Waals surface area contributed by atoms with E-state index in [1.807, 2.05) is 0 Å². The third-order valence-corrected chi connectivity index (χ3v) is 7.66. The molecule has 2 aromatic carbocycles. The Morgan fingerprint density at radius 3 is 1.88 bits per heavy atom. The van der Waals surface area contributed by atoms with E-state index in [-0.39, 0.29) is 7.92 Å². The lowest BCUT2D eigenvalue weighted by atomic mass is 10.1. The Hall–Kier alpha value is -1.21. The Kier molecular flexibility index (Phi) is 6.43. The first-order valence-electron chi connectivity index (χ1n) is 8.97. The van der Waals surface area contributed by atoms with Gasteiger partial charge in [-0.2, -0.15) is 0 Å². The van der Waals surface area contributed by atoms with Gasteiger partial charge in [-0.3, -0.25) is 4.90 Å². The van der Waals surface area contributed by atoms with E-state index < -0.39 is 0 Å². The molecule has 0 amide bonds. The average Bonchev–Trinajstić information content (AvgIpc) is 2.64. The van der Waals surface area contributed by atoms with Crippen LogP contribution in [0.2, 0.25) is 0 Å². The lowest BCUT2D eigenvalue weighted by Gasteiger charge is -2.35. The Balaban J connectivity index is 1.77. The molecule has 2 atom stereocenters. The largest absolute Gasteiger partial charge is 0.379 e. The zero-order chi connectivity index (χ0) is 16.8. The van der Waals surface area contributed by atoms with Gasteiger partial charge in [-0.15, -0.1) is 0 Å². The van der Waals surface area contributed by atoms with Crippen LogP contribution in [-0.2, 0) is 4.74 Å². The minimum atomic E-state index is -0.324. The fourth-order valence-electron chi connectivity index (χ4n) is 3.60. The van der Waals surface area contributed by atoms with Gasteiger partial charge in [0, 0.05) is 19.1 Å². The van der Waals surface area contributed by atoms with Gasteiger partial charge in [-0.25, -0.2) is 0 Å². The highest BCUT2D eigenvalue weighted by Gasteiger charge is 2.25. The zero-order valence-corrected chi connectivity index (χ0v) is 15.7. The molecule has 1 aliphatic heterocycles. The molecule has 0 N–H and O–H groups in total. The fourth-order valence-corrected chi connectivity index (χ4v) is 6.42. The van der Waals surface area contributed by atoms with E-state index in [4.69, 9.17) is 4.74 Å². The summed E-state index contributed by atoms with van der Waals surface area (Å²) in [6, 6.07) is 22.7. The van der Waals surface area contributed by atoms with Gasteiger partial charge in [0.25, 0.3) is 0 Å². The first-order valence-corrected chi connectivity index (χ1v) is 10.4. The predicted molar refractivity (Wildman–Crippen MR) is 105 cm³/mol. The smallest absolute Gasteiger partial charge is 0.0594 e. The van der Waals surface area contributed by atoms with E-state index in [0.29, 0.717) is 11.7 Å². The quantitative estimate of drug-likeness (QED) is 0.744. The summed E-state index contributed by atoms with van der Waals surface area (Å²) in [6.07, 6.45) is 1.23. The van der Waals surface area contributed by atoms with Crippen molar-refractivity contribution < 1.29 is 4.74 Å². The second kappa shape index (κ2) is 8.76. The van der Waals surface area contributed by atoms with Gasteiger partial charge in [0.05, 0.1) is 13.2 Å². The van der Waals surface area contributed by atoms with Gasteiger partial charge in [0.15, 0.2) is 0 Å². The van der Waals surface area contributed by atoms with E-state index >= 15 is 0 Å². The molecule has 2 nitrogen and oxygen atoms in total. The molecule has 0 unspecified atom stereocenters. The maximum Gasteiger partial charge on any atom is 0.0594 e. The van der Waals surface area contributed by atoms with E-state index in [1.165, 1.54) is 17.0 Å². The van der Waals surface area contributed by atoms with Crippen LogP contribution in [0.5, 0.6) is 0 Å². The van der Waals surface area contributed by atoms with Crippen molar-refractivity contribution in [3.8, 4) is 0 Å². The summed E-state index contributed by atoms with van der Waals surface area (Å²) in [4.78, 5) is 2.59. The topological polar surface area (TPSA) is 12.5 Å². The number of benzene rings is 2. The Morgan fingerprint density at radius 1 is 0.875 bits per heavy atom. The molecular formula is C21H28NOP. The molecule has 1 saturated heterocycles. The predicted octanol–water partition coefficient (Wildman–Crippen LogP) is 3.62. The minimum absolute atomic E-state index is 0.324. The zero-order valence-electron chi connectivity index (χ0n) is 14.8. The summed E-state index contributed by atoms with van der Waals surface area (Å²) in [5.41, 5.74) is 0.655. The summed E-state index contributed by atoms with van der Waals surface area (Å²) < 4.78 is 5.50. The van der Waals surface area contributed by atoms with Crippen LogP contribution in [0.1, 0.15) is 20.3 Å². The Bertz CT molecular complexity index is 558. The molecule has 2 aromatic rings. The highest BCUT2D eigenvalue weighted by Crippen LogP contribution is 2.41. The molecule has 0 aromatic heterocycles. The van der Waals surface area contributed by atoms with Crippen LogP contribution in [0, 0.1) is 0 Å². The van der Waals surface area contributed by atoms with Gasteiger partial charge in [-0.05, 0) is 37.5 Å². The van der Waals surface area contributed by atoms with Gasteiger partial charge < -0.3 is 4.74 Å². The molecule has 0 aliphatic carbocycles. The van der Waals surface area contributed by atoms with E-state index in [2.05, 4.69) is 79.4 Å². The Morgan fingerprint density at radius 2 is 1.38 bits per heavy atom. The number of morpholine rings is 1. The molecule has 0 radical (unpaired) electrons. The van der Waals surface area contributed by atoms with Crippen molar-refractivity contribution in [3.63, 3.8) is 0 Å². The standard InChI is InChI=1S/C21H28NOP/c1-18(22-13-15-23-16-14-22)17-19(2)24(20-9-5-3-6-10-20)21-11-7-4-8-12-21/h3-12,18-19H,13-17H2,1-2H3/t18-,19-/m0/s1. The number of rotatable bonds is 6. The molecule has 128 valence electrons. The second-order valence-electron chi connectivity index (χ2n) is 6.62. The van der Waals surface area contributed by atoms with Crippen LogP contribution < -0.4 is 10.6 Å². The summed E-state index contributed by atoms with van der Waals surface area (Å²) in [7, 11) is -0.324. The highest BCUT2D eigenvalue weighted by atomic mass is 31.1. The van der Waals surface area contributed by atoms with Crippen molar-refractivity contribution >= 4 is 18.5 Å². The maximum absolute atomic E-state index is 5.50. The van der Waals surface area contributed by atoms with Crippen molar-refractivity contribution in [1.29, 1.82) is 0 Å². The molecule has 24 heavy (non-hydrogen) atoms. The summed E-state index contributed by atoms with van der Waals surface area (Å²) in [6.45, 7) is 8.72. The normalized spacial score (nSPS) is 18.5. The monoisotopic (exact) mass is 341 g/mol. The number of nitrogens with zero attached hydrogens (tertiary/aromatic N) is 1. The molecule has 3 rings (SSSR count). The molecule has 0 saturated carbocycles. The lowest BCUT2D eigenvalue weighted by molar-refractivity contribution is 0.0187. The number of ether oxygens (including phenoxy) is 1. The lowest BCUT2D eigenvalue weighted by Crippen LogP contribution is -2.43. The maximum atomic E-state index is 5.50. The molecule has 3 heteroatoms. The van der Waals surface area contributed by atoms with Crippen LogP contribution in [0.15, 0.2) is 60.7 Å². The van der Waals surface area contributed by atoms with Crippen LogP contribution in [-0.4, -0.2) is 42.9 Å². The molecule has 1 fully saturated rings. The Labute approximate surface area is 147 Å². The fraction of sp³-hybridized carbons (Fsp3) is 0.429. The third-order valence-electron chi connectivity index (χ3n) is 4.86. The average molecular weight is 341 g/mol. The first-order chi connectivity index (χ1) is 11.8. The van der Waals surface area contributed by atoms with Crippen LogP contribution in [0.25, 0.3) is 0 Å². The molecule has 0 spiro atoms. The molecule has 0 bridgehead atoms. The summed E-state index contributed by atoms with van der Waals surface area (Å²) >= 11 is 0. The number of hydrogen-bond donors (Lipinski definition) is 0. The van der Waals surface area contributed by atoms with Crippen molar-refractivity contribution in [2.24, 2.45) is 0 Å². The summed E-state index contributed by atoms with van der Waals surface area (Å²) in [5.74, 6) is 0. The number of hydrogen-bond acceptors (Lipinski definition) is 2. The second-order valence-corrected chi connectivity index (χ2v) is 9.28. The van der Waals surface area contributed by atoms with Crippen LogP contribution >= 0.6 is 7.92 Å². The third kappa shape index (κ3) is 4.45. The summed E-state index contributed by atoms with van der Waals surface area (Å²) in [5, 5.41) is 2.97. The highest BCUT2D eigenvalue weighted by molar-refractivity contribution is 7.73. The van der Waals surface area contributed by atoms with Crippen LogP contribution in [0.4, 0.5) is 0 Å². The first kappa shape index (κ1) is 17.6. The van der Waals surface area contributed by atoms with E-state index in [0.717, 1.165) is 26.3 Å². The van der Waals surface area contributed by atoms with Crippen molar-refractivity contribution in [1.82, 2.24) is 4.90 Å². The van der Waals surface area contributed by atoms with Gasteiger partial charge in [0.2, 0.25) is 0 Å². The van der Waals surface area contributed by atoms with Gasteiger partial charge in [0.1, 0.15) is 0 Å².